The van der Waals surface area contributed by atoms with E-state index in [-0.39, 0.29) is 12.0 Å². The van der Waals surface area contributed by atoms with Gasteiger partial charge in [0.15, 0.2) is 0 Å². The van der Waals surface area contributed by atoms with E-state index in [9.17, 15) is 4.79 Å². The molecule has 4 nitrogen and oxygen atoms in total. The van der Waals surface area contributed by atoms with Crippen LogP contribution in [0.15, 0.2) is 24.3 Å². The fraction of sp³-hybridized carbons (Fsp3) is 0.471. The highest BCUT2D eigenvalue weighted by Gasteiger charge is 2.19. The van der Waals surface area contributed by atoms with E-state index in [1.165, 1.54) is 0 Å². The molecule has 1 amide bonds. The SMILES string of the molecule is CCC1CC=Cc2cccc(C(=O)NCCN(C)C)c2O1. The second-order valence-electron chi connectivity index (χ2n) is 5.57. The molecule has 21 heavy (non-hydrogen) atoms. The fourth-order valence-corrected chi connectivity index (χ4v) is 2.30. The Balaban J connectivity index is 2.17. The van der Waals surface area contributed by atoms with Crippen LogP contribution in [0.2, 0.25) is 0 Å². The Bertz CT molecular complexity index is 524. The summed E-state index contributed by atoms with van der Waals surface area (Å²) in [5.41, 5.74) is 1.60. The third-order valence-electron chi connectivity index (χ3n) is 3.57. The molecule has 1 N–H and O–H groups in total. The van der Waals surface area contributed by atoms with Crippen molar-refractivity contribution in [3.63, 3.8) is 0 Å². The van der Waals surface area contributed by atoms with Crippen LogP contribution >= 0.6 is 0 Å². The molecular weight excluding hydrogens is 264 g/mol. The Kier molecular flexibility index (Phi) is 5.39. The van der Waals surface area contributed by atoms with Crippen molar-refractivity contribution in [1.82, 2.24) is 10.2 Å². The predicted octanol–water partition coefficient (Wildman–Crippen LogP) is 2.55. The second kappa shape index (κ2) is 7.27. The number of benzene rings is 1. The van der Waals surface area contributed by atoms with Crippen LogP contribution in [0, 0.1) is 0 Å². The van der Waals surface area contributed by atoms with Gasteiger partial charge < -0.3 is 15.0 Å². The number of rotatable bonds is 5. The minimum absolute atomic E-state index is 0.0705. The molecule has 0 aromatic heterocycles. The van der Waals surface area contributed by atoms with Crippen LogP contribution in [0.5, 0.6) is 5.75 Å². The number of amides is 1. The van der Waals surface area contributed by atoms with Crippen molar-refractivity contribution < 1.29 is 9.53 Å². The monoisotopic (exact) mass is 288 g/mol. The smallest absolute Gasteiger partial charge is 0.255 e. The molecule has 0 saturated heterocycles. The summed E-state index contributed by atoms with van der Waals surface area (Å²) >= 11 is 0. The molecule has 0 aliphatic carbocycles. The Hall–Kier alpha value is -1.81. The number of hydrogen-bond donors (Lipinski definition) is 1. The Labute approximate surface area is 126 Å². The molecule has 0 fully saturated rings. The van der Waals surface area contributed by atoms with Crippen molar-refractivity contribution in [2.24, 2.45) is 0 Å². The van der Waals surface area contributed by atoms with Crippen LogP contribution in [0.3, 0.4) is 0 Å². The first-order chi connectivity index (χ1) is 10.1. The summed E-state index contributed by atoms with van der Waals surface area (Å²) in [5.74, 6) is 0.638. The number of carbonyl (C=O) groups is 1. The van der Waals surface area contributed by atoms with Crippen LogP contribution in [0.1, 0.15) is 35.7 Å². The summed E-state index contributed by atoms with van der Waals surface area (Å²) in [6, 6.07) is 5.72. The molecule has 1 heterocycles. The van der Waals surface area contributed by atoms with E-state index in [1.807, 2.05) is 43.3 Å². The molecule has 1 aromatic carbocycles. The topological polar surface area (TPSA) is 41.6 Å². The van der Waals surface area contributed by atoms with E-state index in [0.717, 1.165) is 24.9 Å². The minimum atomic E-state index is -0.0705. The molecule has 1 atom stereocenters. The third-order valence-corrected chi connectivity index (χ3v) is 3.57. The first-order valence-electron chi connectivity index (χ1n) is 7.51. The number of nitrogens with zero attached hydrogens (tertiary/aromatic N) is 1. The zero-order valence-electron chi connectivity index (χ0n) is 13.1. The number of likely N-dealkylation sites (N-methyl/N-ethyl adjacent to an activating group) is 1. The number of fused-ring (bicyclic) bond motifs is 1. The summed E-state index contributed by atoms with van der Waals surface area (Å²) in [6.07, 6.45) is 6.11. The van der Waals surface area contributed by atoms with Crippen molar-refractivity contribution in [1.29, 1.82) is 0 Å². The van der Waals surface area contributed by atoms with Crippen LogP contribution in [-0.4, -0.2) is 44.1 Å². The Morgan fingerprint density at radius 2 is 2.24 bits per heavy atom. The molecule has 114 valence electrons. The van der Waals surface area contributed by atoms with E-state index in [0.29, 0.717) is 17.9 Å². The lowest BCUT2D eigenvalue weighted by molar-refractivity contribution is 0.0943. The van der Waals surface area contributed by atoms with Crippen molar-refractivity contribution >= 4 is 12.0 Å². The summed E-state index contributed by atoms with van der Waals surface area (Å²) in [5, 5.41) is 2.95. The normalized spacial score (nSPS) is 17.0. The van der Waals surface area contributed by atoms with Gasteiger partial charge in [0, 0.05) is 25.1 Å². The maximum absolute atomic E-state index is 12.4. The summed E-state index contributed by atoms with van der Waals surface area (Å²) in [6.45, 7) is 3.55. The molecule has 4 heteroatoms. The Morgan fingerprint density at radius 1 is 1.43 bits per heavy atom. The summed E-state index contributed by atoms with van der Waals surface area (Å²) in [7, 11) is 3.97. The van der Waals surface area contributed by atoms with Gasteiger partial charge in [0.25, 0.3) is 5.91 Å². The summed E-state index contributed by atoms with van der Waals surface area (Å²) in [4.78, 5) is 14.4. The molecule has 1 aromatic rings. The van der Waals surface area contributed by atoms with E-state index in [4.69, 9.17) is 4.74 Å². The van der Waals surface area contributed by atoms with Crippen LogP contribution < -0.4 is 10.1 Å². The molecule has 0 bridgehead atoms. The van der Waals surface area contributed by atoms with E-state index < -0.39 is 0 Å². The maximum Gasteiger partial charge on any atom is 0.255 e. The zero-order chi connectivity index (χ0) is 15.2. The van der Waals surface area contributed by atoms with E-state index in [2.05, 4.69) is 18.3 Å². The quantitative estimate of drug-likeness (QED) is 0.905. The average molecular weight is 288 g/mol. The van der Waals surface area contributed by atoms with Crippen LogP contribution in [0.4, 0.5) is 0 Å². The van der Waals surface area contributed by atoms with Crippen molar-refractivity contribution in [2.75, 3.05) is 27.2 Å². The standard InChI is InChI=1S/C17H24N2O2/c1-4-14-9-5-7-13-8-6-10-15(16(13)21-14)17(20)18-11-12-19(2)3/h5-8,10,14H,4,9,11-12H2,1-3H3,(H,18,20). The molecule has 0 radical (unpaired) electrons. The van der Waals surface area contributed by atoms with Crippen molar-refractivity contribution in [2.45, 2.75) is 25.9 Å². The molecule has 1 unspecified atom stereocenters. The number of para-hydroxylation sites is 1. The molecule has 1 aliphatic rings. The lowest BCUT2D eigenvalue weighted by Crippen LogP contribution is -2.31. The fourth-order valence-electron chi connectivity index (χ4n) is 2.30. The van der Waals surface area contributed by atoms with Gasteiger partial charge in [0.2, 0.25) is 0 Å². The molecule has 0 saturated carbocycles. The number of hydrogen-bond acceptors (Lipinski definition) is 3. The number of carbonyl (C=O) groups excluding carboxylic acids is 1. The largest absolute Gasteiger partial charge is 0.489 e. The van der Waals surface area contributed by atoms with Crippen molar-refractivity contribution in [3.05, 3.63) is 35.4 Å². The van der Waals surface area contributed by atoms with Gasteiger partial charge in [-0.2, -0.15) is 0 Å². The average Bonchev–Trinajstić information content (AvgIpc) is 2.67. The molecule has 0 spiro atoms. The first kappa shape index (κ1) is 15.6. The summed E-state index contributed by atoms with van der Waals surface area (Å²) < 4.78 is 6.05. The lowest BCUT2D eigenvalue weighted by Gasteiger charge is -2.18. The van der Waals surface area contributed by atoms with Gasteiger partial charge in [-0.05, 0) is 26.6 Å². The van der Waals surface area contributed by atoms with Gasteiger partial charge in [-0.15, -0.1) is 0 Å². The van der Waals surface area contributed by atoms with Gasteiger partial charge >= 0.3 is 0 Å². The van der Waals surface area contributed by atoms with Gasteiger partial charge in [-0.25, -0.2) is 0 Å². The third kappa shape index (κ3) is 4.08. The highest BCUT2D eigenvalue weighted by atomic mass is 16.5. The maximum atomic E-state index is 12.4. The van der Waals surface area contributed by atoms with Gasteiger partial charge in [0.05, 0.1) is 5.56 Å². The van der Waals surface area contributed by atoms with Gasteiger partial charge in [0.1, 0.15) is 11.9 Å². The molecule has 1 aliphatic heterocycles. The minimum Gasteiger partial charge on any atom is -0.489 e. The van der Waals surface area contributed by atoms with E-state index >= 15 is 0 Å². The molecular formula is C17H24N2O2. The lowest BCUT2D eigenvalue weighted by atomic mass is 10.1. The molecule has 2 rings (SSSR count). The number of nitrogens with one attached hydrogen (secondary N) is 1. The van der Waals surface area contributed by atoms with Crippen LogP contribution in [0.25, 0.3) is 6.08 Å². The van der Waals surface area contributed by atoms with Crippen LogP contribution in [-0.2, 0) is 0 Å². The Morgan fingerprint density at radius 3 is 2.95 bits per heavy atom. The zero-order valence-corrected chi connectivity index (χ0v) is 13.1. The van der Waals surface area contributed by atoms with Crippen molar-refractivity contribution in [3.8, 4) is 5.75 Å². The second-order valence-corrected chi connectivity index (χ2v) is 5.57. The highest BCUT2D eigenvalue weighted by Crippen LogP contribution is 2.30. The van der Waals surface area contributed by atoms with Gasteiger partial charge in [-0.1, -0.05) is 31.2 Å². The predicted molar refractivity (Wildman–Crippen MR) is 85.7 cm³/mol. The first-order valence-corrected chi connectivity index (χ1v) is 7.51. The van der Waals surface area contributed by atoms with Gasteiger partial charge in [-0.3, -0.25) is 4.79 Å². The highest BCUT2D eigenvalue weighted by molar-refractivity contribution is 5.98. The number of ether oxygens (including phenoxy) is 1. The van der Waals surface area contributed by atoms with E-state index in [1.54, 1.807) is 0 Å².